The van der Waals surface area contributed by atoms with Gasteiger partial charge in [-0.15, -0.1) is 0 Å². The molecular formula is C25H22F2N6O2. The van der Waals surface area contributed by atoms with Gasteiger partial charge in [-0.3, -0.25) is 9.59 Å². The minimum Gasteiger partial charge on any atom is -0.366 e. The fraction of sp³-hybridized carbons (Fsp3) is 0.120. The van der Waals surface area contributed by atoms with Gasteiger partial charge in [-0.1, -0.05) is 24.3 Å². The molecule has 1 unspecified atom stereocenters. The molecular weight excluding hydrogens is 454 g/mol. The van der Waals surface area contributed by atoms with Crippen LogP contribution >= 0.6 is 0 Å². The predicted octanol–water partition coefficient (Wildman–Crippen LogP) is 3.63. The van der Waals surface area contributed by atoms with Crippen molar-refractivity contribution in [2.45, 2.75) is 6.04 Å². The molecule has 2 amide bonds. The quantitative estimate of drug-likeness (QED) is 0.308. The maximum absolute atomic E-state index is 14.0. The van der Waals surface area contributed by atoms with Gasteiger partial charge in [0.1, 0.15) is 29.3 Å². The maximum atomic E-state index is 14.0. The second kappa shape index (κ2) is 10.2. The Bertz CT molecular complexity index is 1390. The van der Waals surface area contributed by atoms with Crippen LogP contribution in [0.2, 0.25) is 0 Å². The summed E-state index contributed by atoms with van der Waals surface area (Å²) in [5.74, 6) is -2.89. The van der Waals surface area contributed by atoms with Crippen molar-refractivity contribution in [1.82, 2.24) is 15.3 Å². The number of nitrogens with one attached hydrogen (secondary N) is 3. The van der Waals surface area contributed by atoms with Gasteiger partial charge in [0.2, 0.25) is 0 Å². The van der Waals surface area contributed by atoms with Gasteiger partial charge in [-0.05, 0) is 49.0 Å². The Morgan fingerprint density at radius 2 is 1.71 bits per heavy atom. The number of hydrogen-bond donors (Lipinski definition) is 4. The Hall–Kier alpha value is -4.44. The average molecular weight is 476 g/mol. The summed E-state index contributed by atoms with van der Waals surface area (Å²) in [4.78, 5) is 32.8. The van der Waals surface area contributed by atoms with Gasteiger partial charge in [0.15, 0.2) is 0 Å². The topological polar surface area (TPSA) is 122 Å². The number of primary amides is 1. The number of benzene rings is 3. The van der Waals surface area contributed by atoms with Crippen LogP contribution in [0.15, 0.2) is 67.0 Å². The highest BCUT2D eigenvalue weighted by molar-refractivity contribution is 6.07. The first kappa shape index (κ1) is 23.7. The van der Waals surface area contributed by atoms with Crippen molar-refractivity contribution < 1.29 is 18.4 Å². The standard InChI is InChI=1S/C25H22F2N6O2/c1-29-12-20(33-24-17-8-3-7-16(23(28)34)22(17)30-13-31-24)14-5-2-6-15(11-14)32-25(35)21-18(26)9-4-10-19(21)27/h2-11,13,20,29H,12H2,1H3,(H2,28,34)(H,32,35)(H,30,31,33). The number of halogens is 2. The van der Waals surface area contributed by atoms with E-state index in [0.29, 0.717) is 29.0 Å². The monoisotopic (exact) mass is 476 g/mol. The number of nitrogens with two attached hydrogens (primary N) is 1. The van der Waals surface area contributed by atoms with Crippen molar-refractivity contribution in [3.8, 4) is 0 Å². The van der Waals surface area contributed by atoms with E-state index >= 15 is 0 Å². The lowest BCUT2D eigenvalue weighted by molar-refractivity contribution is 0.0997. The Labute approximate surface area is 199 Å². The molecule has 1 atom stereocenters. The van der Waals surface area contributed by atoms with E-state index in [4.69, 9.17) is 5.73 Å². The Balaban J connectivity index is 1.63. The normalized spacial score (nSPS) is 11.7. The minimum atomic E-state index is -0.945. The third-order valence-corrected chi connectivity index (χ3v) is 5.39. The lowest BCUT2D eigenvalue weighted by Gasteiger charge is -2.21. The SMILES string of the molecule is CNCC(Nc1ncnc2c(C(N)=O)cccc12)c1cccc(NC(=O)c2c(F)cccc2F)c1. The first-order valence-corrected chi connectivity index (χ1v) is 10.7. The van der Waals surface area contributed by atoms with E-state index in [1.807, 2.05) is 6.07 Å². The van der Waals surface area contributed by atoms with Gasteiger partial charge in [0.25, 0.3) is 11.8 Å². The van der Waals surface area contributed by atoms with Crippen LogP contribution in [-0.2, 0) is 0 Å². The van der Waals surface area contributed by atoms with E-state index in [1.165, 1.54) is 12.4 Å². The highest BCUT2D eigenvalue weighted by Crippen LogP contribution is 2.27. The molecule has 4 aromatic rings. The van der Waals surface area contributed by atoms with Gasteiger partial charge in [-0.2, -0.15) is 0 Å². The van der Waals surface area contributed by atoms with Crippen LogP contribution in [0.4, 0.5) is 20.3 Å². The van der Waals surface area contributed by atoms with Crippen molar-refractivity contribution in [2.24, 2.45) is 5.73 Å². The second-order valence-corrected chi connectivity index (χ2v) is 7.72. The predicted molar refractivity (Wildman–Crippen MR) is 129 cm³/mol. The van der Waals surface area contributed by atoms with Gasteiger partial charge in [-0.25, -0.2) is 18.7 Å². The molecule has 0 fully saturated rings. The molecule has 0 bridgehead atoms. The summed E-state index contributed by atoms with van der Waals surface area (Å²) in [7, 11) is 1.78. The number of carbonyl (C=O) groups excluding carboxylic acids is 2. The number of anilines is 2. The molecule has 0 aliphatic carbocycles. The summed E-state index contributed by atoms with van der Waals surface area (Å²) >= 11 is 0. The molecule has 178 valence electrons. The van der Waals surface area contributed by atoms with E-state index in [0.717, 1.165) is 17.7 Å². The second-order valence-electron chi connectivity index (χ2n) is 7.72. The number of aromatic nitrogens is 2. The first-order chi connectivity index (χ1) is 16.9. The zero-order chi connectivity index (χ0) is 24.9. The number of rotatable bonds is 8. The van der Waals surface area contributed by atoms with Crippen molar-refractivity contribution in [3.63, 3.8) is 0 Å². The number of amides is 2. The summed E-state index contributed by atoms with van der Waals surface area (Å²) in [5.41, 5.74) is 6.66. The van der Waals surface area contributed by atoms with E-state index in [2.05, 4.69) is 25.9 Å². The lowest BCUT2D eigenvalue weighted by atomic mass is 10.0. The molecule has 0 saturated heterocycles. The average Bonchev–Trinajstić information content (AvgIpc) is 2.83. The zero-order valence-electron chi connectivity index (χ0n) is 18.7. The fourth-order valence-corrected chi connectivity index (χ4v) is 3.76. The number of nitrogens with zero attached hydrogens (tertiary/aromatic N) is 2. The Kier molecular flexibility index (Phi) is 6.93. The van der Waals surface area contributed by atoms with Crippen LogP contribution in [0.5, 0.6) is 0 Å². The molecule has 3 aromatic carbocycles. The third kappa shape index (κ3) is 5.07. The fourth-order valence-electron chi connectivity index (χ4n) is 3.76. The van der Waals surface area contributed by atoms with Crippen LogP contribution < -0.4 is 21.7 Å². The van der Waals surface area contributed by atoms with Crippen molar-refractivity contribution >= 4 is 34.2 Å². The van der Waals surface area contributed by atoms with Crippen molar-refractivity contribution in [1.29, 1.82) is 0 Å². The van der Waals surface area contributed by atoms with E-state index < -0.39 is 29.0 Å². The van der Waals surface area contributed by atoms with E-state index in [9.17, 15) is 18.4 Å². The first-order valence-electron chi connectivity index (χ1n) is 10.7. The number of hydrogen-bond acceptors (Lipinski definition) is 6. The molecule has 0 aliphatic heterocycles. The van der Waals surface area contributed by atoms with Gasteiger partial charge in [0, 0.05) is 17.6 Å². The molecule has 4 rings (SSSR count). The minimum absolute atomic E-state index is 0.281. The summed E-state index contributed by atoms with van der Waals surface area (Å²) in [6, 6.07) is 14.9. The van der Waals surface area contributed by atoms with Gasteiger partial charge < -0.3 is 21.7 Å². The number of likely N-dealkylation sites (N-methyl/N-ethyl adjacent to an activating group) is 1. The largest absolute Gasteiger partial charge is 0.366 e. The maximum Gasteiger partial charge on any atom is 0.261 e. The molecule has 0 radical (unpaired) electrons. The summed E-state index contributed by atoms with van der Waals surface area (Å²) in [6.45, 7) is 0.473. The Morgan fingerprint density at radius 3 is 2.43 bits per heavy atom. The molecule has 10 heteroatoms. The zero-order valence-corrected chi connectivity index (χ0v) is 18.7. The van der Waals surface area contributed by atoms with Crippen LogP contribution in [-0.4, -0.2) is 35.4 Å². The molecule has 0 spiro atoms. The van der Waals surface area contributed by atoms with Crippen LogP contribution in [0.25, 0.3) is 10.9 Å². The molecule has 1 heterocycles. The van der Waals surface area contributed by atoms with Crippen molar-refractivity contribution in [2.75, 3.05) is 24.2 Å². The number of fused-ring (bicyclic) bond motifs is 1. The third-order valence-electron chi connectivity index (χ3n) is 5.39. The molecule has 0 saturated carbocycles. The summed E-state index contributed by atoms with van der Waals surface area (Å²) in [6.07, 6.45) is 1.34. The highest BCUT2D eigenvalue weighted by Gasteiger charge is 2.19. The lowest BCUT2D eigenvalue weighted by Crippen LogP contribution is -2.24. The van der Waals surface area contributed by atoms with E-state index in [1.54, 1.807) is 43.4 Å². The summed E-state index contributed by atoms with van der Waals surface area (Å²) < 4.78 is 28.0. The van der Waals surface area contributed by atoms with Gasteiger partial charge in [0.05, 0.1) is 17.1 Å². The Morgan fingerprint density at radius 1 is 1.00 bits per heavy atom. The smallest absolute Gasteiger partial charge is 0.261 e. The summed E-state index contributed by atoms with van der Waals surface area (Å²) in [5, 5.41) is 9.60. The van der Waals surface area contributed by atoms with Crippen LogP contribution in [0, 0.1) is 11.6 Å². The highest BCUT2D eigenvalue weighted by atomic mass is 19.1. The molecule has 1 aromatic heterocycles. The molecule has 0 aliphatic rings. The molecule has 35 heavy (non-hydrogen) atoms. The van der Waals surface area contributed by atoms with Gasteiger partial charge >= 0.3 is 0 Å². The van der Waals surface area contributed by atoms with Crippen LogP contribution in [0.1, 0.15) is 32.3 Å². The van der Waals surface area contributed by atoms with Crippen molar-refractivity contribution in [3.05, 3.63) is 95.3 Å². The number of para-hydroxylation sites is 1. The molecule has 5 N–H and O–H groups in total. The van der Waals surface area contributed by atoms with Crippen LogP contribution in [0.3, 0.4) is 0 Å². The number of carbonyl (C=O) groups is 2. The molecule has 8 nitrogen and oxygen atoms in total. The van der Waals surface area contributed by atoms with E-state index in [-0.39, 0.29) is 11.6 Å².